The maximum Gasteiger partial charge on any atom is 0.255 e. The third-order valence-corrected chi connectivity index (χ3v) is 5.91. The van der Waals surface area contributed by atoms with Crippen molar-refractivity contribution in [2.45, 2.75) is 50.9 Å². The molecule has 3 aliphatic rings. The minimum Gasteiger partial charge on any atom is -0.322 e. The summed E-state index contributed by atoms with van der Waals surface area (Å²) in [5.41, 5.74) is 2.86. The molecule has 2 saturated heterocycles. The highest BCUT2D eigenvalue weighted by Gasteiger charge is 2.39. The average molecular weight is 370 g/mol. The molecule has 0 aliphatic carbocycles. The van der Waals surface area contributed by atoms with Gasteiger partial charge >= 0.3 is 0 Å². The number of imide groups is 1. The van der Waals surface area contributed by atoms with Gasteiger partial charge in [0, 0.05) is 37.7 Å². The number of likely N-dealkylation sites (tertiary alicyclic amines) is 1. The van der Waals surface area contributed by atoms with Crippen molar-refractivity contribution in [3.63, 3.8) is 0 Å². The minimum atomic E-state index is -0.551. The summed E-state index contributed by atoms with van der Waals surface area (Å²) < 4.78 is 0. The van der Waals surface area contributed by atoms with Gasteiger partial charge in [-0.1, -0.05) is 12.1 Å². The summed E-state index contributed by atoms with van der Waals surface area (Å²) >= 11 is 0. The topological polar surface area (TPSA) is 81.8 Å². The van der Waals surface area contributed by atoms with Crippen LogP contribution in [0, 0.1) is 0 Å². The molecular weight excluding hydrogens is 344 g/mol. The van der Waals surface area contributed by atoms with Crippen LogP contribution in [0.25, 0.3) is 0 Å². The van der Waals surface area contributed by atoms with Gasteiger partial charge in [-0.05, 0) is 50.0 Å². The van der Waals surface area contributed by atoms with Gasteiger partial charge in [-0.15, -0.1) is 0 Å². The van der Waals surface area contributed by atoms with E-state index >= 15 is 0 Å². The molecule has 2 atom stereocenters. The molecule has 7 heteroatoms. The summed E-state index contributed by atoms with van der Waals surface area (Å²) in [7, 11) is 1.99. The molecule has 2 N–H and O–H groups in total. The first-order valence-electron chi connectivity index (χ1n) is 9.72. The largest absolute Gasteiger partial charge is 0.322 e. The van der Waals surface area contributed by atoms with Crippen molar-refractivity contribution in [1.29, 1.82) is 0 Å². The number of rotatable bonds is 5. The van der Waals surface area contributed by atoms with Crippen molar-refractivity contribution in [2.75, 3.05) is 20.1 Å². The van der Waals surface area contributed by atoms with Gasteiger partial charge in [0.25, 0.3) is 5.91 Å². The van der Waals surface area contributed by atoms with E-state index in [9.17, 15) is 14.4 Å². The minimum absolute atomic E-state index is 0.111. The number of hydrogen-bond acceptors (Lipinski definition) is 5. The second-order valence-electron chi connectivity index (χ2n) is 7.72. The SMILES string of the molecule is CNC[C@@H]1CCCN1Cc1ccc2c(c1)CN(C1CCC(=O)NC1=O)C2=O. The fourth-order valence-corrected chi connectivity index (χ4v) is 4.53. The van der Waals surface area contributed by atoms with Crippen LogP contribution < -0.4 is 10.6 Å². The molecule has 7 nitrogen and oxygen atoms in total. The Kier molecular flexibility index (Phi) is 4.97. The van der Waals surface area contributed by atoms with Crippen LogP contribution >= 0.6 is 0 Å². The molecule has 0 aromatic heterocycles. The molecule has 144 valence electrons. The highest BCUT2D eigenvalue weighted by atomic mass is 16.2. The van der Waals surface area contributed by atoms with E-state index in [0.29, 0.717) is 24.6 Å². The molecule has 2 fully saturated rings. The monoisotopic (exact) mass is 370 g/mol. The molecule has 3 heterocycles. The lowest BCUT2D eigenvalue weighted by molar-refractivity contribution is -0.136. The Balaban J connectivity index is 1.48. The Morgan fingerprint density at radius 1 is 1.22 bits per heavy atom. The van der Waals surface area contributed by atoms with Crippen LogP contribution in [0.2, 0.25) is 0 Å². The molecule has 0 radical (unpaired) electrons. The quantitative estimate of drug-likeness (QED) is 0.743. The molecule has 1 aromatic rings. The fourth-order valence-electron chi connectivity index (χ4n) is 4.53. The molecule has 27 heavy (non-hydrogen) atoms. The van der Waals surface area contributed by atoms with Crippen molar-refractivity contribution < 1.29 is 14.4 Å². The second-order valence-corrected chi connectivity index (χ2v) is 7.72. The number of carbonyl (C=O) groups is 3. The molecule has 0 saturated carbocycles. The normalized spacial score (nSPS) is 25.8. The smallest absolute Gasteiger partial charge is 0.255 e. The summed E-state index contributed by atoms with van der Waals surface area (Å²) in [6.45, 7) is 3.41. The molecule has 4 rings (SSSR count). The highest BCUT2D eigenvalue weighted by molar-refractivity contribution is 6.05. The van der Waals surface area contributed by atoms with Gasteiger partial charge < -0.3 is 10.2 Å². The van der Waals surface area contributed by atoms with E-state index in [4.69, 9.17) is 0 Å². The van der Waals surface area contributed by atoms with Crippen LogP contribution in [-0.4, -0.2) is 59.7 Å². The number of amides is 3. The number of likely N-dealkylation sites (N-methyl/N-ethyl adjacent to an activating group) is 1. The number of carbonyl (C=O) groups excluding carboxylic acids is 3. The third kappa shape index (κ3) is 3.49. The first-order valence-corrected chi connectivity index (χ1v) is 9.72. The summed E-state index contributed by atoms with van der Waals surface area (Å²) in [4.78, 5) is 40.4. The summed E-state index contributed by atoms with van der Waals surface area (Å²) in [6, 6.07) is 6.03. The van der Waals surface area contributed by atoms with Gasteiger partial charge in [-0.3, -0.25) is 24.6 Å². The van der Waals surface area contributed by atoms with Crippen LogP contribution in [-0.2, 0) is 22.7 Å². The predicted octanol–water partition coefficient (Wildman–Crippen LogP) is 0.631. The van der Waals surface area contributed by atoms with Crippen molar-refractivity contribution in [3.05, 3.63) is 34.9 Å². The highest BCUT2D eigenvalue weighted by Crippen LogP contribution is 2.29. The van der Waals surface area contributed by atoms with Gasteiger partial charge in [0.2, 0.25) is 11.8 Å². The molecule has 3 aliphatic heterocycles. The summed E-state index contributed by atoms with van der Waals surface area (Å²) in [6.07, 6.45) is 3.12. The van der Waals surface area contributed by atoms with E-state index in [2.05, 4.69) is 21.6 Å². The summed E-state index contributed by atoms with van der Waals surface area (Å²) in [5.74, 6) is -0.732. The molecule has 1 unspecified atom stereocenters. The van der Waals surface area contributed by atoms with Crippen LogP contribution in [0.4, 0.5) is 0 Å². The van der Waals surface area contributed by atoms with Crippen molar-refractivity contribution >= 4 is 17.7 Å². The van der Waals surface area contributed by atoms with Crippen LogP contribution in [0.5, 0.6) is 0 Å². The van der Waals surface area contributed by atoms with E-state index in [1.54, 1.807) is 4.90 Å². The first-order chi connectivity index (χ1) is 13.1. The predicted molar refractivity (Wildman–Crippen MR) is 99.8 cm³/mol. The maximum atomic E-state index is 12.8. The first kappa shape index (κ1) is 18.1. The molecule has 1 aromatic carbocycles. The lowest BCUT2D eigenvalue weighted by atomic mass is 10.0. The number of benzene rings is 1. The van der Waals surface area contributed by atoms with Crippen LogP contribution in [0.1, 0.15) is 47.2 Å². The number of nitrogens with zero attached hydrogens (tertiary/aromatic N) is 2. The van der Waals surface area contributed by atoms with Crippen LogP contribution in [0.3, 0.4) is 0 Å². The standard InChI is InChI=1S/C20H26N4O3/c1-21-10-15-3-2-8-23(15)11-13-4-5-16-14(9-13)12-24(20(16)27)17-6-7-18(25)22-19(17)26/h4-5,9,15,17,21H,2-3,6-8,10-12H2,1H3,(H,22,25,26)/t15-,17?/m0/s1. The second kappa shape index (κ2) is 7.40. The number of fused-ring (bicyclic) bond motifs is 1. The van der Waals surface area contributed by atoms with E-state index in [0.717, 1.165) is 25.2 Å². The third-order valence-electron chi connectivity index (χ3n) is 5.91. The Bertz CT molecular complexity index is 778. The van der Waals surface area contributed by atoms with Gasteiger partial charge in [0.05, 0.1) is 0 Å². The zero-order chi connectivity index (χ0) is 19.0. The van der Waals surface area contributed by atoms with Crippen molar-refractivity contribution in [1.82, 2.24) is 20.4 Å². The van der Waals surface area contributed by atoms with E-state index in [1.807, 2.05) is 19.2 Å². The van der Waals surface area contributed by atoms with Crippen molar-refractivity contribution in [3.8, 4) is 0 Å². The zero-order valence-electron chi connectivity index (χ0n) is 15.7. The van der Waals surface area contributed by atoms with Gasteiger partial charge in [0.1, 0.15) is 6.04 Å². The van der Waals surface area contributed by atoms with Crippen molar-refractivity contribution in [2.24, 2.45) is 0 Å². The Labute approximate surface area is 159 Å². The number of nitrogens with one attached hydrogen (secondary N) is 2. The number of piperidine rings is 1. The summed E-state index contributed by atoms with van der Waals surface area (Å²) in [5, 5.41) is 5.61. The lowest BCUT2D eigenvalue weighted by Gasteiger charge is -2.29. The maximum absolute atomic E-state index is 12.8. The zero-order valence-corrected chi connectivity index (χ0v) is 15.7. The van der Waals surface area contributed by atoms with Gasteiger partial charge in [0.15, 0.2) is 0 Å². The average Bonchev–Trinajstić information content (AvgIpc) is 3.20. The van der Waals surface area contributed by atoms with E-state index < -0.39 is 6.04 Å². The van der Waals surface area contributed by atoms with Gasteiger partial charge in [-0.25, -0.2) is 0 Å². The van der Waals surface area contributed by atoms with E-state index in [1.165, 1.54) is 18.4 Å². The molecule has 0 spiro atoms. The molecular formula is C20H26N4O3. The van der Waals surface area contributed by atoms with E-state index in [-0.39, 0.29) is 24.1 Å². The number of hydrogen-bond donors (Lipinski definition) is 2. The lowest BCUT2D eigenvalue weighted by Crippen LogP contribution is -2.52. The molecule has 3 amide bonds. The van der Waals surface area contributed by atoms with Gasteiger partial charge in [-0.2, -0.15) is 0 Å². The Morgan fingerprint density at radius 2 is 2.07 bits per heavy atom. The Hall–Kier alpha value is -2.25. The Morgan fingerprint density at radius 3 is 2.85 bits per heavy atom. The molecule has 0 bridgehead atoms. The fraction of sp³-hybridized carbons (Fsp3) is 0.550. The van der Waals surface area contributed by atoms with Crippen LogP contribution in [0.15, 0.2) is 18.2 Å².